The van der Waals surface area contributed by atoms with Crippen LogP contribution in [0.2, 0.25) is 5.02 Å². The second-order valence-corrected chi connectivity index (χ2v) is 8.82. The van der Waals surface area contributed by atoms with Gasteiger partial charge in [0.1, 0.15) is 11.6 Å². The molecule has 1 aromatic carbocycles. The van der Waals surface area contributed by atoms with E-state index >= 15 is 0 Å². The first-order valence-electron chi connectivity index (χ1n) is 10.3. The summed E-state index contributed by atoms with van der Waals surface area (Å²) in [5.41, 5.74) is 2.99. The Hall–Kier alpha value is -2.85. The van der Waals surface area contributed by atoms with E-state index < -0.39 is 10.5 Å². The fraction of sp³-hybridized carbons (Fsp3) is 0.429. The maximum atomic E-state index is 8.67. The average Bonchev–Trinajstić information content (AvgIpc) is 3.15. The number of hydrogen-bond donors (Lipinski definition) is 3. The van der Waals surface area contributed by atoms with E-state index in [2.05, 4.69) is 34.3 Å². The summed E-state index contributed by atoms with van der Waals surface area (Å²) < 4.78 is 22.8. The smallest absolute Gasteiger partial charge is 0.307 e. The Morgan fingerprint density at radius 3 is 2.34 bits per heavy atom. The van der Waals surface area contributed by atoms with Crippen LogP contribution >= 0.6 is 11.6 Å². The van der Waals surface area contributed by atoms with Crippen LogP contribution < -0.4 is 5.32 Å². The molecule has 3 aromatic rings. The maximum absolute atomic E-state index is 8.67. The van der Waals surface area contributed by atoms with Gasteiger partial charge in [-0.05, 0) is 44.7 Å². The van der Waals surface area contributed by atoms with E-state index in [1.54, 1.807) is 0 Å². The first-order valence-corrected chi connectivity index (χ1v) is 11.8. The fourth-order valence-electron chi connectivity index (χ4n) is 3.85. The summed E-state index contributed by atoms with van der Waals surface area (Å²) in [5.74, 6) is 3.86. The number of anilines is 2. The number of aromatic nitrogens is 5. The number of aromatic amines is 1. The van der Waals surface area contributed by atoms with Gasteiger partial charge in [0.25, 0.3) is 0 Å². The minimum absolute atomic E-state index is 0.440. The van der Waals surface area contributed by atoms with Crippen LogP contribution in [0.1, 0.15) is 55.6 Å². The molecule has 2 aromatic heterocycles. The zero-order chi connectivity index (χ0) is 23.3. The van der Waals surface area contributed by atoms with Crippen LogP contribution in [0.3, 0.4) is 0 Å². The molecule has 0 amide bonds. The van der Waals surface area contributed by atoms with Crippen molar-refractivity contribution in [3.8, 4) is 11.4 Å². The normalized spacial score (nSPS) is 17.9. The molecule has 0 aliphatic heterocycles. The van der Waals surface area contributed by atoms with Gasteiger partial charge >= 0.3 is 10.5 Å². The second kappa shape index (κ2) is 10.6. The third kappa shape index (κ3) is 6.10. The van der Waals surface area contributed by atoms with Crippen LogP contribution in [0.25, 0.3) is 11.4 Å². The quantitative estimate of drug-likeness (QED) is 0.471. The van der Waals surface area contributed by atoms with Crippen molar-refractivity contribution >= 4 is 33.9 Å². The van der Waals surface area contributed by atoms with Gasteiger partial charge in [-0.25, -0.2) is 9.97 Å². The molecule has 9 nitrogen and oxygen atoms in total. The predicted octanol–water partition coefficient (Wildman–Crippen LogP) is 5.20. The zero-order valence-electron chi connectivity index (χ0n) is 18.2. The lowest BCUT2D eigenvalue weighted by Crippen LogP contribution is -2.15. The highest BCUT2D eigenvalue weighted by atomic mass is 35.5. The number of nitrogens with zero attached hydrogens (tertiary/aromatic N) is 4. The number of aryl methyl sites for hydroxylation is 1. The third-order valence-electron chi connectivity index (χ3n) is 5.53. The highest BCUT2D eigenvalue weighted by Gasteiger charge is 2.25. The van der Waals surface area contributed by atoms with E-state index in [0.717, 1.165) is 47.2 Å². The van der Waals surface area contributed by atoms with Gasteiger partial charge in [-0.2, -0.15) is 18.2 Å². The Bertz CT molecular complexity index is 1180. The van der Waals surface area contributed by atoms with Gasteiger partial charge in [-0.1, -0.05) is 43.5 Å². The molecule has 0 unspecified atom stereocenters. The van der Waals surface area contributed by atoms with Crippen molar-refractivity contribution in [3.63, 3.8) is 0 Å². The van der Waals surface area contributed by atoms with E-state index in [9.17, 15) is 0 Å². The predicted molar refractivity (Wildman–Crippen MR) is 124 cm³/mol. The van der Waals surface area contributed by atoms with Crippen molar-refractivity contribution < 1.29 is 8.42 Å². The second-order valence-electron chi connectivity index (χ2n) is 7.95. The van der Waals surface area contributed by atoms with Crippen LogP contribution in [0.15, 0.2) is 24.3 Å². The summed E-state index contributed by atoms with van der Waals surface area (Å²) in [6.45, 7) is 6.27. The van der Waals surface area contributed by atoms with E-state index in [4.69, 9.17) is 34.8 Å². The Morgan fingerprint density at radius 1 is 1.09 bits per heavy atom. The van der Waals surface area contributed by atoms with Crippen molar-refractivity contribution in [3.05, 3.63) is 46.4 Å². The number of halogens is 1. The molecule has 32 heavy (non-hydrogen) atoms. The first kappa shape index (κ1) is 23.8. The molecule has 0 saturated heterocycles. The number of nitrogens with one attached hydrogen (secondary N) is 3. The van der Waals surface area contributed by atoms with Gasteiger partial charge < -0.3 is 5.32 Å². The van der Waals surface area contributed by atoms with Crippen molar-refractivity contribution in [1.82, 2.24) is 25.1 Å². The van der Waals surface area contributed by atoms with Crippen molar-refractivity contribution in [2.45, 2.75) is 52.4 Å². The van der Waals surface area contributed by atoms with Gasteiger partial charge in [0.15, 0.2) is 5.82 Å². The molecule has 0 bridgehead atoms. The Balaban J connectivity index is 0.000000668. The number of H-pyrrole nitrogens is 1. The van der Waals surface area contributed by atoms with Gasteiger partial charge in [0.2, 0.25) is 5.95 Å². The van der Waals surface area contributed by atoms with Gasteiger partial charge in [-0.3, -0.25) is 5.10 Å². The Labute approximate surface area is 193 Å². The molecule has 0 spiro atoms. The monoisotopic (exact) mass is 475 g/mol. The average molecular weight is 476 g/mol. The lowest BCUT2D eigenvalue weighted by atomic mass is 9.80. The molecule has 1 saturated carbocycles. The summed E-state index contributed by atoms with van der Waals surface area (Å²) in [6.07, 6.45) is 4.77. The van der Waals surface area contributed by atoms with Crippen molar-refractivity contribution in [2.75, 3.05) is 5.32 Å². The van der Waals surface area contributed by atoms with E-state index in [0.29, 0.717) is 22.7 Å². The summed E-state index contributed by atoms with van der Waals surface area (Å²) in [5, 5.41) is 11.0. The third-order valence-corrected chi connectivity index (χ3v) is 5.86. The molecule has 3 N–H and O–H groups in total. The Morgan fingerprint density at radius 2 is 1.75 bits per heavy atom. The van der Waals surface area contributed by atoms with E-state index in [1.165, 1.54) is 12.8 Å². The van der Waals surface area contributed by atoms with Crippen LogP contribution in [0.4, 0.5) is 11.8 Å². The molecule has 0 atom stereocenters. The molecule has 1 aliphatic carbocycles. The highest BCUT2D eigenvalue weighted by molar-refractivity contribution is 7.60. The summed E-state index contributed by atoms with van der Waals surface area (Å²) in [6, 6.07) is 7.70. The molecule has 1 aliphatic rings. The van der Waals surface area contributed by atoms with Crippen molar-refractivity contribution in [2.24, 2.45) is 5.92 Å². The lowest BCUT2D eigenvalue weighted by Gasteiger charge is -2.27. The van der Waals surface area contributed by atoms with E-state index in [-0.39, 0.29) is 0 Å². The molecule has 1 fully saturated rings. The molecule has 0 radical (unpaired) electrons. The number of hydrogen-bond acceptors (Lipinski definition) is 8. The van der Waals surface area contributed by atoms with Gasteiger partial charge in [0, 0.05) is 17.0 Å². The Kier molecular flexibility index (Phi) is 7.92. The molecule has 11 heteroatoms. The van der Waals surface area contributed by atoms with Crippen LogP contribution in [-0.2, 0) is 10.5 Å². The number of benzene rings is 1. The minimum Gasteiger partial charge on any atom is -0.307 e. The lowest BCUT2D eigenvalue weighted by molar-refractivity contribution is 0.343. The van der Waals surface area contributed by atoms with E-state index in [1.807, 2.05) is 31.2 Å². The first-order chi connectivity index (χ1) is 15.2. The highest BCUT2D eigenvalue weighted by Crippen LogP contribution is 2.38. The summed E-state index contributed by atoms with van der Waals surface area (Å²) >= 11 is 6.44. The SMILES string of the molecule is Cc1nc(Nc2nc(-c3ccccc3Cl)nc(C3CCC(C)CC3)c2C)n[nH]1.N=S(=O)=O. The molecule has 170 valence electrons. The van der Waals surface area contributed by atoms with Crippen molar-refractivity contribution in [1.29, 1.82) is 4.78 Å². The van der Waals surface area contributed by atoms with Crippen LogP contribution in [0.5, 0.6) is 0 Å². The number of rotatable bonds is 4. The molecule has 4 rings (SSSR count). The summed E-state index contributed by atoms with van der Waals surface area (Å²) in [7, 11) is -2.61. The molecular formula is C21H26ClN7O2S. The minimum atomic E-state index is -2.61. The molecule has 2 heterocycles. The topological polar surface area (TPSA) is 137 Å². The summed E-state index contributed by atoms with van der Waals surface area (Å²) in [4.78, 5) is 14.1. The zero-order valence-corrected chi connectivity index (χ0v) is 19.8. The van der Waals surface area contributed by atoms with Gasteiger partial charge in [0.05, 0.1) is 10.7 Å². The maximum Gasteiger partial charge on any atom is 0.308 e. The fourth-order valence-corrected chi connectivity index (χ4v) is 4.07. The van der Waals surface area contributed by atoms with Crippen LogP contribution in [-0.4, -0.2) is 33.6 Å². The van der Waals surface area contributed by atoms with Gasteiger partial charge in [-0.15, -0.1) is 5.10 Å². The van der Waals surface area contributed by atoms with Crippen LogP contribution in [0, 0.1) is 24.5 Å². The largest absolute Gasteiger partial charge is 0.308 e. The standard InChI is InChI=1S/C21H25ClN6.HNO2S/c1-12-8-10-15(11-9-12)18-13(2)19(26-21-23-14(3)27-28-21)25-20(24-18)16-6-4-5-7-17(16)22;1-4(2)3/h4-7,12,15H,8-11H2,1-3H3,(H2,23,24,25,26,27,28);1H. The molecular weight excluding hydrogens is 450 g/mol.